The summed E-state index contributed by atoms with van der Waals surface area (Å²) >= 11 is 1.46. The van der Waals surface area contributed by atoms with E-state index < -0.39 is 0 Å². The smallest absolute Gasteiger partial charge is 0.316 e. The van der Waals surface area contributed by atoms with Crippen molar-refractivity contribution in [2.75, 3.05) is 18.8 Å². The van der Waals surface area contributed by atoms with E-state index >= 15 is 0 Å². The molecule has 0 spiro atoms. The van der Waals surface area contributed by atoms with Crippen LogP contribution in [0.3, 0.4) is 0 Å². The lowest BCUT2D eigenvalue weighted by atomic mass is 9.75. The van der Waals surface area contributed by atoms with Crippen LogP contribution in [0.15, 0.2) is 4.99 Å². The first-order chi connectivity index (χ1) is 9.56. The van der Waals surface area contributed by atoms with Crippen molar-refractivity contribution in [3.05, 3.63) is 0 Å². The molecule has 3 atom stereocenters. The number of nitrogens with one attached hydrogen (secondary N) is 1. The highest BCUT2D eigenvalue weighted by Crippen LogP contribution is 2.35. The molecular formula is C15H26N2O2S. The Morgan fingerprint density at radius 3 is 2.95 bits per heavy atom. The van der Waals surface area contributed by atoms with Gasteiger partial charge in [-0.25, -0.2) is 0 Å². The lowest BCUT2D eigenvalue weighted by molar-refractivity contribution is -0.152. The molecule has 0 saturated heterocycles. The molecule has 0 radical (unpaired) electrons. The lowest BCUT2D eigenvalue weighted by Gasteiger charge is -2.36. The van der Waals surface area contributed by atoms with Gasteiger partial charge in [-0.05, 0) is 30.6 Å². The third-order valence-electron chi connectivity index (χ3n) is 4.21. The van der Waals surface area contributed by atoms with Gasteiger partial charge in [0.1, 0.15) is 6.10 Å². The second-order valence-corrected chi connectivity index (χ2v) is 7.22. The highest BCUT2D eigenvalue weighted by Gasteiger charge is 2.33. The number of carbonyl (C=O) groups is 1. The van der Waals surface area contributed by atoms with E-state index in [1.807, 2.05) is 0 Å². The van der Waals surface area contributed by atoms with Crippen molar-refractivity contribution in [1.82, 2.24) is 5.32 Å². The summed E-state index contributed by atoms with van der Waals surface area (Å²) < 4.78 is 5.75. The topological polar surface area (TPSA) is 50.7 Å². The number of hydrogen-bond acceptors (Lipinski definition) is 5. The van der Waals surface area contributed by atoms with Gasteiger partial charge in [0.2, 0.25) is 0 Å². The number of thioether (sulfide) groups is 1. The number of rotatable bonds is 4. The van der Waals surface area contributed by atoms with Crippen LogP contribution >= 0.6 is 11.8 Å². The Labute approximate surface area is 126 Å². The first-order valence-electron chi connectivity index (χ1n) is 7.67. The molecule has 0 unspecified atom stereocenters. The first kappa shape index (κ1) is 15.7. The van der Waals surface area contributed by atoms with Crippen LogP contribution in [0.5, 0.6) is 0 Å². The summed E-state index contributed by atoms with van der Waals surface area (Å²) in [6.45, 7) is 8.41. The van der Waals surface area contributed by atoms with Gasteiger partial charge in [-0.15, -0.1) is 0 Å². The number of aliphatic imine (C=N–C) groups is 1. The number of amidine groups is 1. The maximum atomic E-state index is 12.0. The van der Waals surface area contributed by atoms with E-state index in [0.717, 1.165) is 24.7 Å². The Bertz CT molecular complexity index is 371. The van der Waals surface area contributed by atoms with Gasteiger partial charge in [0.25, 0.3) is 0 Å². The maximum Gasteiger partial charge on any atom is 0.316 e. The van der Waals surface area contributed by atoms with Crippen molar-refractivity contribution in [3.63, 3.8) is 0 Å². The molecule has 2 rings (SSSR count). The minimum Gasteiger partial charge on any atom is -0.461 e. The van der Waals surface area contributed by atoms with Gasteiger partial charge in [0, 0.05) is 6.54 Å². The summed E-state index contributed by atoms with van der Waals surface area (Å²) in [6, 6.07) is 0. The molecule has 0 aromatic heterocycles. The predicted molar refractivity (Wildman–Crippen MR) is 84.0 cm³/mol. The largest absolute Gasteiger partial charge is 0.461 e. The van der Waals surface area contributed by atoms with Crippen molar-refractivity contribution in [2.24, 2.45) is 22.7 Å². The summed E-state index contributed by atoms with van der Waals surface area (Å²) in [6.07, 6.45) is 3.55. The highest BCUT2D eigenvalue weighted by atomic mass is 32.2. The average Bonchev–Trinajstić information content (AvgIpc) is 2.89. The number of hydrogen-bond donors (Lipinski definition) is 1. The molecule has 1 aliphatic heterocycles. The zero-order valence-corrected chi connectivity index (χ0v) is 13.5. The Morgan fingerprint density at radius 1 is 1.50 bits per heavy atom. The Morgan fingerprint density at radius 2 is 2.30 bits per heavy atom. The number of ether oxygens (including phenoxy) is 1. The fourth-order valence-corrected chi connectivity index (χ4v) is 3.76. The van der Waals surface area contributed by atoms with E-state index in [9.17, 15) is 4.79 Å². The van der Waals surface area contributed by atoms with Crippen LogP contribution in [-0.2, 0) is 9.53 Å². The van der Waals surface area contributed by atoms with Crippen molar-refractivity contribution >= 4 is 22.9 Å². The summed E-state index contributed by atoms with van der Waals surface area (Å²) in [5.74, 6) is 2.02. The molecule has 0 aromatic rings. The molecule has 114 valence electrons. The molecule has 20 heavy (non-hydrogen) atoms. The Balaban J connectivity index is 1.80. The minimum atomic E-state index is -0.101. The van der Waals surface area contributed by atoms with Crippen LogP contribution in [0.1, 0.15) is 40.0 Å². The van der Waals surface area contributed by atoms with Crippen LogP contribution < -0.4 is 5.32 Å². The van der Waals surface area contributed by atoms with E-state index in [2.05, 4.69) is 31.1 Å². The van der Waals surface area contributed by atoms with E-state index in [0.29, 0.717) is 23.5 Å². The average molecular weight is 298 g/mol. The van der Waals surface area contributed by atoms with Gasteiger partial charge >= 0.3 is 5.97 Å². The van der Waals surface area contributed by atoms with Crippen LogP contribution in [-0.4, -0.2) is 36.1 Å². The fourth-order valence-electron chi connectivity index (χ4n) is 3.05. The molecule has 2 aliphatic rings. The zero-order chi connectivity index (χ0) is 14.5. The van der Waals surface area contributed by atoms with E-state index in [4.69, 9.17) is 4.74 Å². The van der Waals surface area contributed by atoms with Crippen LogP contribution in [0.2, 0.25) is 0 Å². The van der Waals surface area contributed by atoms with E-state index in [-0.39, 0.29) is 12.1 Å². The lowest BCUT2D eigenvalue weighted by Crippen LogP contribution is -2.36. The third kappa shape index (κ3) is 4.40. The van der Waals surface area contributed by atoms with Crippen LogP contribution in [0.25, 0.3) is 0 Å². The molecule has 5 heteroatoms. The molecule has 1 saturated carbocycles. The van der Waals surface area contributed by atoms with Gasteiger partial charge in [-0.2, -0.15) is 0 Å². The predicted octanol–water partition coefficient (Wildman–Crippen LogP) is 2.68. The SMILES string of the molecule is CC(C)[C@H]1CC[C@@H](C)C[C@H]1OC(=O)CSC1=NCCN1. The molecule has 0 amide bonds. The summed E-state index contributed by atoms with van der Waals surface area (Å²) in [5, 5.41) is 4.03. The molecular weight excluding hydrogens is 272 g/mol. The van der Waals surface area contributed by atoms with Crippen molar-refractivity contribution < 1.29 is 9.53 Å². The minimum absolute atomic E-state index is 0.101. The number of esters is 1. The van der Waals surface area contributed by atoms with Crippen molar-refractivity contribution in [3.8, 4) is 0 Å². The molecule has 1 aliphatic carbocycles. The number of nitrogens with zero attached hydrogens (tertiary/aromatic N) is 1. The molecule has 0 bridgehead atoms. The van der Waals surface area contributed by atoms with Crippen LogP contribution in [0, 0.1) is 17.8 Å². The van der Waals surface area contributed by atoms with Crippen LogP contribution in [0.4, 0.5) is 0 Å². The van der Waals surface area contributed by atoms with E-state index in [1.165, 1.54) is 24.6 Å². The first-order valence-corrected chi connectivity index (χ1v) is 8.65. The molecule has 0 aromatic carbocycles. The molecule has 1 N–H and O–H groups in total. The van der Waals surface area contributed by atoms with Gasteiger partial charge in [-0.3, -0.25) is 9.79 Å². The van der Waals surface area contributed by atoms with Crippen molar-refractivity contribution in [1.29, 1.82) is 0 Å². The standard InChI is InChI=1S/C15H26N2O2S/c1-10(2)12-5-4-11(3)8-13(12)19-14(18)9-20-15-16-6-7-17-15/h10-13H,4-9H2,1-3H3,(H,16,17)/t11-,12-,13-/m1/s1. The zero-order valence-electron chi connectivity index (χ0n) is 12.7. The van der Waals surface area contributed by atoms with E-state index in [1.54, 1.807) is 0 Å². The summed E-state index contributed by atoms with van der Waals surface area (Å²) in [4.78, 5) is 16.3. The van der Waals surface area contributed by atoms with Gasteiger partial charge in [-0.1, -0.05) is 39.0 Å². The van der Waals surface area contributed by atoms with Gasteiger partial charge < -0.3 is 10.1 Å². The maximum absolute atomic E-state index is 12.0. The quantitative estimate of drug-likeness (QED) is 0.811. The summed E-state index contributed by atoms with van der Waals surface area (Å²) in [5.41, 5.74) is 0. The summed E-state index contributed by atoms with van der Waals surface area (Å²) in [7, 11) is 0. The van der Waals surface area contributed by atoms with Gasteiger partial charge in [0.15, 0.2) is 5.17 Å². The molecule has 1 heterocycles. The second-order valence-electron chi connectivity index (χ2n) is 6.26. The molecule has 1 fully saturated rings. The van der Waals surface area contributed by atoms with Crippen molar-refractivity contribution in [2.45, 2.75) is 46.1 Å². The number of carbonyl (C=O) groups excluding carboxylic acids is 1. The fraction of sp³-hybridized carbons (Fsp3) is 0.867. The second kappa shape index (κ2) is 7.34. The Kier molecular flexibility index (Phi) is 5.75. The monoisotopic (exact) mass is 298 g/mol. The Hall–Kier alpha value is -0.710. The molecule has 4 nitrogen and oxygen atoms in total. The van der Waals surface area contributed by atoms with Gasteiger partial charge in [0.05, 0.1) is 12.3 Å². The normalized spacial score (nSPS) is 30.0. The highest BCUT2D eigenvalue weighted by molar-refractivity contribution is 8.14. The third-order valence-corrected chi connectivity index (χ3v) is 5.14.